The number of hydrogen-bond donors (Lipinski definition) is 1. The molecule has 1 amide bonds. The van der Waals surface area contributed by atoms with Gasteiger partial charge in [0.2, 0.25) is 5.91 Å². The van der Waals surface area contributed by atoms with E-state index in [1.165, 1.54) is 0 Å². The normalized spacial score (nSPS) is 11.1. The fourth-order valence-electron chi connectivity index (χ4n) is 1.23. The highest BCUT2D eigenvalue weighted by Gasteiger charge is 2.25. The molecule has 110 valence electrons. The molecule has 0 bridgehead atoms. The molecule has 0 fully saturated rings. The first kappa shape index (κ1) is 16.1. The summed E-state index contributed by atoms with van der Waals surface area (Å²) in [5, 5.41) is 10.5. The molecule has 8 nitrogen and oxygen atoms in total. The van der Waals surface area contributed by atoms with Gasteiger partial charge in [0.1, 0.15) is 4.90 Å². The average molecular weight is 327 g/mol. The predicted octanol–water partition coefficient (Wildman–Crippen LogP) is 0.916. The van der Waals surface area contributed by atoms with Crippen LogP contribution < -0.4 is 10.5 Å². The van der Waals surface area contributed by atoms with E-state index < -0.39 is 48.6 Å². The Labute approximate surface area is 116 Å². The SMILES string of the molecule is NC(=O)CCOc1c(F)cc([N+](=O)[O-])cc1S(=O)(=O)Cl. The molecule has 0 spiro atoms. The number of benzene rings is 1. The van der Waals surface area contributed by atoms with Crippen molar-refractivity contribution in [3.8, 4) is 5.75 Å². The van der Waals surface area contributed by atoms with Gasteiger partial charge in [-0.25, -0.2) is 12.8 Å². The Kier molecular flexibility index (Phi) is 4.84. The minimum absolute atomic E-state index is 0.293. The topological polar surface area (TPSA) is 130 Å². The monoisotopic (exact) mass is 326 g/mol. The lowest BCUT2D eigenvalue weighted by molar-refractivity contribution is -0.385. The zero-order valence-corrected chi connectivity index (χ0v) is 11.3. The number of nitrogens with zero attached hydrogens (tertiary/aromatic N) is 1. The van der Waals surface area contributed by atoms with E-state index >= 15 is 0 Å². The molecule has 20 heavy (non-hydrogen) atoms. The highest BCUT2D eigenvalue weighted by Crippen LogP contribution is 2.33. The average Bonchev–Trinajstić information content (AvgIpc) is 2.28. The standard InChI is InChI=1S/C9H8ClFN2O6S/c10-20(17,18)7-4-5(13(15)16)3-6(11)9(7)19-2-1-8(12)14/h3-4H,1-2H2,(H2,12,14). The summed E-state index contributed by atoms with van der Waals surface area (Å²) in [6.45, 7) is -0.399. The summed E-state index contributed by atoms with van der Waals surface area (Å²) < 4.78 is 41.0. The molecule has 0 saturated carbocycles. The first-order valence-corrected chi connectivity index (χ1v) is 7.27. The van der Waals surface area contributed by atoms with Crippen molar-refractivity contribution >= 4 is 31.3 Å². The number of nitro groups is 1. The van der Waals surface area contributed by atoms with Crippen molar-refractivity contribution in [2.24, 2.45) is 5.73 Å². The van der Waals surface area contributed by atoms with Crippen LogP contribution in [-0.2, 0) is 13.8 Å². The second-order valence-corrected chi connectivity index (χ2v) is 6.05. The van der Waals surface area contributed by atoms with Gasteiger partial charge < -0.3 is 10.5 Å². The van der Waals surface area contributed by atoms with Crippen LogP contribution in [0.1, 0.15) is 6.42 Å². The number of halogens is 2. The van der Waals surface area contributed by atoms with Crippen molar-refractivity contribution in [1.29, 1.82) is 0 Å². The van der Waals surface area contributed by atoms with Gasteiger partial charge in [0.15, 0.2) is 11.6 Å². The predicted molar refractivity (Wildman–Crippen MR) is 65.4 cm³/mol. The fourth-order valence-corrected chi connectivity index (χ4v) is 2.22. The molecule has 0 atom stereocenters. The number of rotatable bonds is 6. The van der Waals surface area contributed by atoms with Crippen molar-refractivity contribution in [2.45, 2.75) is 11.3 Å². The van der Waals surface area contributed by atoms with E-state index in [0.717, 1.165) is 0 Å². The molecule has 1 aromatic rings. The number of amides is 1. The maximum Gasteiger partial charge on any atom is 0.273 e. The number of primary amides is 1. The molecule has 0 aliphatic carbocycles. The summed E-state index contributed by atoms with van der Waals surface area (Å²) >= 11 is 0. The quantitative estimate of drug-likeness (QED) is 0.470. The highest BCUT2D eigenvalue weighted by molar-refractivity contribution is 8.13. The van der Waals surface area contributed by atoms with Gasteiger partial charge in [0.25, 0.3) is 14.7 Å². The molecule has 0 unspecified atom stereocenters. The Morgan fingerprint density at radius 2 is 2.10 bits per heavy atom. The molecule has 0 heterocycles. The maximum atomic E-state index is 13.7. The summed E-state index contributed by atoms with van der Waals surface area (Å²) in [5.74, 6) is -2.84. The van der Waals surface area contributed by atoms with Crippen LogP contribution in [0.25, 0.3) is 0 Å². The van der Waals surface area contributed by atoms with E-state index in [2.05, 4.69) is 0 Å². The molecule has 1 aromatic carbocycles. The van der Waals surface area contributed by atoms with Crippen molar-refractivity contribution in [3.63, 3.8) is 0 Å². The molecule has 0 saturated heterocycles. The Morgan fingerprint density at radius 1 is 1.50 bits per heavy atom. The molecule has 1 rings (SSSR count). The van der Waals surface area contributed by atoms with E-state index in [1.54, 1.807) is 0 Å². The number of nitrogens with two attached hydrogens (primary N) is 1. The van der Waals surface area contributed by atoms with Crippen LogP contribution in [0.2, 0.25) is 0 Å². The molecule has 0 aliphatic rings. The number of carbonyl (C=O) groups is 1. The molecule has 0 aromatic heterocycles. The van der Waals surface area contributed by atoms with Gasteiger partial charge in [0, 0.05) is 16.7 Å². The lowest BCUT2D eigenvalue weighted by Crippen LogP contribution is -2.15. The second kappa shape index (κ2) is 6.01. The van der Waals surface area contributed by atoms with E-state index in [-0.39, 0.29) is 6.42 Å². The van der Waals surface area contributed by atoms with Crippen LogP contribution in [0.5, 0.6) is 5.75 Å². The minimum Gasteiger partial charge on any atom is -0.489 e. The second-order valence-electron chi connectivity index (χ2n) is 3.51. The molecule has 0 radical (unpaired) electrons. The molecular formula is C9H8ClFN2O6S. The van der Waals surface area contributed by atoms with Gasteiger partial charge in [-0.05, 0) is 0 Å². The maximum absolute atomic E-state index is 13.7. The summed E-state index contributed by atoms with van der Waals surface area (Å²) in [7, 11) is 0.589. The summed E-state index contributed by atoms with van der Waals surface area (Å²) in [6.07, 6.45) is -0.293. The number of nitro benzene ring substituents is 1. The van der Waals surface area contributed by atoms with Gasteiger partial charge in [-0.15, -0.1) is 0 Å². The molecule has 11 heteroatoms. The van der Waals surface area contributed by atoms with Gasteiger partial charge in [0.05, 0.1) is 24.0 Å². The van der Waals surface area contributed by atoms with Crippen LogP contribution >= 0.6 is 10.7 Å². The zero-order valence-electron chi connectivity index (χ0n) is 9.71. The van der Waals surface area contributed by atoms with E-state index in [1.807, 2.05) is 0 Å². The van der Waals surface area contributed by atoms with Crippen LogP contribution in [0.4, 0.5) is 10.1 Å². The molecule has 0 aliphatic heterocycles. The zero-order chi connectivity index (χ0) is 15.5. The summed E-state index contributed by atoms with van der Waals surface area (Å²) in [6, 6.07) is 1.04. The van der Waals surface area contributed by atoms with Crippen molar-refractivity contribution in [2.75, 3.05) is 6.61 Å². The van der Waals surface area contributed by atoms with Crippen LogP contribution in [0.15, 0.2) is 17.0 Å². The van der Waals surface area contributed by atoms with E-state index in [9.17, 15) is 27.7 Å². The van der Waals surface area contributed by atoms with Crippen molar-refractivity contribution < 1.29 is 27.3 Å². The third kappa shape index (κ3) is 4.03. The van der Waals surface area contributed by atoms with Crippen molar-refractivity contribution in [3.05, 3.63) is 28.1 Å². The molecule has 2 N–H and O–H groups in total. The smallest absolute Gasteiger partial charge is 0.273 e. The van der Waals surface area contributed by atoms with Gasteiger partial charge in [-0.3, -0.25) is 14.9 Å². The Hall–Kier alpha value is -1.94. The van der Waals surface area contributed by atoms with Crippen LogP contribution in [0.3, 0.4) is 0 Å². The van der Waals surface area contributed by atoms with Crippen LogP contribution in [-0.4, -0.2) is 25.9 Å². The Bertz CT molecular complexity index is 663. The number of non-ortho nitro benzene ring substituents is 1. The summed E-state index contributed by atoms with van der Waals surface area (Å²) in [4.78, 5) is 19.2. The fraction of sp³-hybridized carbons (Fsp3) is 0.222. The summed E-state index contributed by atoms with van der Waals surface area (Å²) in [5.41, 5.74) is 4.03. The van der Waals surface area contributed by atoms with Gasteiger partial charge in [-0.1, -0.05) is 0 Å². The first-order chi connectivity index (χ1) is 9.12. The lowest BCUT2D eigenvalue weighted by atomic mass is 10.3. The third-order valence-electron chi connectivity index (χ3n) is 2.06. The van der Waals surface area contributed by atoms with Gasteiger partial charge in [-0.2, -0.15) is 0 Å². The number of hydrogen-bond acceptors (Lipinski definition) is 6. The Balaban J connectivity index is 3.28. The van der Waals surface area contributed by atoms with E-state index in [4.69, 9.17) is 21.2 Å². The third-order valence-corrected chi connectivity index (χ3v) is 3.39. The lowest BCUT2D eigenvalue weighted by Gasteiger charge is -2.09. The Morgan fingerprint density at radius 3 is 2.55 bits per heavy atom. The van der Waals surface area contributed by atoms with E-state index in [0.29, 0.717) is 12.1 Å². The van der Waals surface area contributed by atoms with Crippen LogP contribution in [0, 0.1) is 15.9 Å². The highest BCUT2D eigenvalue weighted by atomic mass is 35.7. The largest absolute Gasteiger partial charge is 0.489 e. The first-order valence-electron chi connectivity index (χ1n) is 4.96. The number of carbonyl (C=O) groups excluding carboxylic acids is 1. The minimum atomic E-state index is -4.48. The van der Waals surface area contributed by atoms with Crippen molar-refractivity contribution in [1.82, 2.24) is 0 Å². The number of ether oxygens (including phenoxy) is 1. The van der Waals surface area contributed by atoms with Gasteiger partial charge >= 0.3 is 0 Å². The molecular weight excluding hydrogens is 319 g/mol.